The van der Waals surface area contributed by atoms with Crippen LogP contribution in [-0.2, 0) is 0 Å². The zero-order chi connectivity index (χ0) is 13.2. The molecule has 0 saturated carbocycles. The average Bonchev–Trinajstić information content (AvgIpc) is 2.85. The van der Waals surface area contributed by atoms with Gasteiger partial charge in [0.2, 0.25) is 0 Å². The molecule has 0 amide bonds. The van der Waals surface area contributed by atoms with Crippen molar-refractivity contribution in [2.45, 2.75) is 0 Å². The summed E-state index contributed by atoms with van der Waals surface area (Å²) in [6, 6.07) is 13.8. The summed E-state index contributed by atoms with van der Waals surface area (Å²) >= 11 is 0. The number of nitrogens with zero attached hydrogens (tertiary/aromatic N) is 2. The van der Waals surface area contributed by atoms with Crippen molar-refractivity contribution >= 4 is 28.1 Å². The Morgan fingerprint density at radius 1 is 1.11 bits per heavy atom. The number of hydrogen-bond donors (Lipinski definition) is 3. The molecule has 1 aromatic heterocycles. The number of aromatic nitrogens is 2. The maximum Gasteiger partial charge on any atom is 0.199 e. The first-order valence-electron chi connectivity index (χ1n) is 5.67. The minimum Gasteiger partial charge on any atom is -0.379 e. The summed E-state index contributed by atoms with van der Waals surface area (Å²) in [5.41, 5.74) is 6.52. The molecule has 3 rings (SSSR count). The standard InChI is InChI=1S/C13H11N5O/c14-12(11-13(15)18-19-17-11)16-10-6-5-8-3-1-2-4-9(8)7-10/h1-7H,(H2,14,16)(H2,15,18). The van der Waals surface area contributed by atoms with Crippen LogP contribution in [0, 0.1) is 5.41 Å². The molecule has 0 aliphatic rings. The maximum absolute atomic E-state index is 7.88. The second-order valence-corrected chi connectivity index (χ2v) is 4.06. The van der Waals surface area contributed by atoms with Crippen LogP contribution in [-0.4, -0.2) is 16.1 Å². The lowest BCUT2D eigenvalue weighted by atomic mass is 10.1. The van der Waals surface area contributed by atoms with E-state index in [0.717, 1.165) is 16.5 Å². The zero-order valence-electron chi connectivity index (χ0n) is 9.92. The lowest BCUT2D eigenvalue weighted by Crippen LogP contribution is -2.14. The number of nitrogens with two attached hydrogens (primary N) is 1. The van der Waals surface area contributed by atoms with Crippen LogP contribution in [0.3, 0.4) is 0 Å². The lowest BCUT2D eigenvalue weighted by Gasteiger charge is -2.06. The molecule has 1 heterocycles. The van der Waals surface area contributed by atoms with Gasteiger partial charge in [-0.1, -0.05) is 30.3 Å². The third-order valence-electron chi connectivity index (χ3n) is 2.77. The molecule has 6 nitrogen and oxygen atoms in total. The summed E-state index contributed by atoms with van der Waals surface area (Å²) in [4.78, 5) is 0. The molecule has 0 atom stereocenters. The van der Waals surface area contributed by atoms with E-state index < -0.39 is 0 Å². The highest BCUT2D eigenvalue weighted by atomic mass is 16.6. The van der Waals surface area contributed by atoms with Gasteiger partial charge in [-0.3, -0.25) is 5.41 Å². The predicted molar refractivity (Wildman–Crippen MR) is 73.1 cm³/mol. The molecule has 0 unspecified atom stereocenters. The molecule has 0 saturated heterocycles. The van der Waals surface area contributed by atoms with Crippen molar-refractivity contribution in [1.82, 2.24) is 10.3 Å². The Bertz CT molecular complexity index is 749. The van der Waals surface area contributed by atoms with Crippen molar-refractivity contribution in [2.24, 2.45) is 0 Å². The molecule has 19 heavy (non-hydrogen) atoms. The first-order valence-corrected chi connectivity index (χ1v) is 5.67. The third kappa shape index (κ3) is 2.11. The van der Waals surface area contributed by atoms with Crippen LogP contribution in [0.5, 0.6) is 0 Å². The van der Waals surface area contributed by atoms with Gasteiger partial charge in [-0.15, -0.1) is 0 Å². The quantitative estimate of drug-likeness (QED) is 0.480. The fraction of sp³-hybridized carbons (Fsp3) is 0. The van der Waals surface area contributed by atoms with Gasteiger partial charge in [0.15, 0.2) is 17.3 Å². The number of amidine groups is 1. The Balaban J connectivity index is 1.89. The lowest BCUT2D eigenvalue weighted by molar-refractivity contribution is 0.308. The molecule has 6 heteroatoms. The second-order valence-electron chi connectivity index (χ2n) is 4.06. The number of nitrogen functional groups attached to an aromatic ring is 1. The molecular weight excluding hydrogens is 242 g/mol. The average molecular weight is 253 g/mol. The highest BCUT2D eigenvalue weighted by Crippen LogP contribution is 2.19. The van der Waals surface area contributed by atoms with E-state index in [-0.39, 0.29) is 17.3 Å². The molecule has 0 aliphatic heterocycles. The van der Waals surface area contributed by atoms with Crippen molar-refractivity contribution in [3.05, 3.63) is 48.2 Å². The van der Waals surface area contributed by atoms with Gasteiger partial charge in [0.25, 0.3) is 0 Å². The Morgan fingerprint density at radius 2 is 1.89 bits per heavy atom. The number of nitrogens with one attached hydrogen (secondary N) is 2. The Morgan fingerprint density at radius 3 is 2.63 bits per heavy atom. The van der Waals surface area contributed by atoms with Crippen molar-refractivity contribution in [3.63, 3.8) is 0 Å². The molecule has 3 aromatic rings. The van der Waals surface area contributed by atoms with Gasteiger partial charge in [-0.2, -0.15) is 0 Å². The Labute approximate surface area is 108 Å². The molecule has 2 aromatic carbocycles. The summed E-state index contributed by atoms with van der Waals surface area (Å²) in [6.07, 6.45) is 0. The largest absolute Gasteiger partial charge is 0.379 e. The summed E-state index contributed by atoms with van der Waals surface area (Å²) in [7, 11) is 0. The van der Waals surface area contributed by atoms with E-state index >= 15 is 0 Å². The highest BCUT2D eigenvalue weighted by Gasteiger charge is 2.12. The van der Waals surface area contributed by atoms with Gasteiger partial charge in [0.1, 0.15) is 0 Å². The van der Waals surface area contributed by atoms with Crippen LogP contribution < -0.4 is 11.1 Å². The molecule has 0 aliphatic carbocycles. The van der Waals surface area contributed by atoms with E-state index in [1.54, 1.807) is 0 Å². The SMILES string of the molecule is N=C(Nc1ccc2ccccc2c1)c1nonc1N. The van der Waals surface area contributed by atoms with Gasteiger partial charge in [-0.25, -0.2) is 4.63 Å². The summed E-state index contributed by atoms with van der Waals surface area (Å²) in [6.45, 7) is 0. The zero-order valence-corrected chi connectivity index (χ0v) is 9.92. The van der Waals surface area contributed by atoms with E-state index in [2.05, 4.69) is 20.3 Å². The smallest absolute Gasteiger partial charge is 0.199 e. The van der Waals surface area contributed by atoms with Crippen molar-refractivity contribution < 1.29 is 4.63 Å². The topological polar surface area (TPSA) is 101 Å². The van der Waals surface area contributed by atoms with Gasteiger partial charge in [-0.05, 0) is 33.2 Å². The number of fused-ring (bicyclic) bond motifs is 1. The normalized spacial score (nSPS) is 10.5. The molecule has 0 fully saturated rings. The number of rotatable bonds is 2. The van der Waals surface area contributed by atoms with E-state index in [4.69, 9.17) is 11.1 Å². The monoisotopic (exact) mass is 253 g/mol. The van der Waals surface area contributed by atoms with Crippen LogP contribution in [0.15, 0.2) is 47.1 Å². The molecule has 0 bridgehead atoms. The first-order chi connectivity index (χ1) is 9.24. The van der Waals surface area contributed by atoms with Crippen molar-refractivity contribution in [2.75, 3.05) is 11.1 Å². The van der Waals surface area contributed by atoms with Gasteiger partial charge in [0, 0.05) is 5.69 Å². The van der Waals surface area contributed by atoms with Gasteiger partial charge in [0.05, 0.1) is 0 Å². The van der Waals surface area contributed by atoms with Crippen LogP contribution in [0.1, 0.15) is 5.69 Å². The van der Waals surface area contributed by atoms with E-state index in [1.165, 1.54) is 0 Å². The third-order valence-corrected chi connectivity index (χ3v) is 2.77. The van der Waals surface area contributed by atoms with Crippen LogP contribution in [0.4, 0.5) is 11.5 Å². The van der Waals surface area contributed by atoms with Crippen LogP contribution in [0.25, 0.3) is 10.8 Å². The molecule has 94 valence electrons. The molecule has 4 N–H and O–H groups in total. The van der Waals surface area contributed by atoms with Gasteiger partial charge >= 0.3 is 0 Å². The minimum atomic E-state index is 0.0500. The van der Waals surface area contributed by atoms with Crippen LogP contribution in [0.2, 0.25) is 0 Å². The highest BCUT2D eigenvalue weighted by molar-refractivity contribution is 6.08. The fourth-order valence-corrected chi connectivity index (χ4v) is 1.84. The summed E-state index contributed by atoms with van der Waals surface area (Å²) in [5, 5.41) is 20.0. The Hall–Kier alpha value is -2.89. The molecule has 0 radical (unpaired) electrons. The maximum atomic E-state index is 7.88. The minimum absolute atomic E-state index is 0.0500. The summed E-state index contributed by atoms with van der Waals surface area (Å²) in [5.74, 6) is 0.146. The predicted octanol–water partition coefficient (Wildman–Crippen LogP) is 2.24. The van der Waals surface area contributed by atoms with Crippen LogP contribution >= 0.6 is 0 Å². The fourth-order valence-electron chi connectivity index (χ4n) is 1.84. The van der Waals surface area contributed by atoms with E-state index in [1.807, 2.05) is 42.5 Å². The van der Waals surface area contributed by atoms with Gasteiger partial charge < -0.3 is 11.1 Å². The van der Waals surface area contributed by atoms with E-state index in [9.17, 15) is 0 Å². The number of hydrogen-bond acceptors (Lipinski definition) is 5. The second kappa shape index (κ2) is 4.41. The number of anilines is 2. The number of benzene rings is 2. The summed E-state index contributed by atoms with van der Waals surface area (Å²) < 4.78 is 4.47. The van der Waals surface area contributed by atoms with Crippen molar-refractivity contribution in [1.29, 1.82) is 5.41 Å². The molecule has 0 spiro atoms. The molecular formula is C13H11N5O. The van der Waals surface area contributed by atoms with Crippen molar-refractivity contribution in [3.8, 4) is 0 Å². The Kier molecular flexibility index (Phi) is 2.60. The first kappa shape index (κ1) is 11.2. The van der Waals surface area contributed by atoms with E-state index in [0.29, 0.717) is 0 Å².